The Morgan fingerprint density at radius 3 is 2.76 bits per heavy atom. The Balaban J connectivity index is 2.25. The molecule has 1 aromatic heterocycles. The van der Waals surface area contributed by atoms with Crippen molar-refractivity contribution in [3.63, 3.8) is 0 Å². The topological polar surface area (TPSA) is 101 Å². The number of aromatic nitrogens is 2. The first-order valence-electron chi connectivity index (χ1n) is 6.25. The standard InChI is InChI=1S/C13H15N3O4S/c1-3-20-13(17)11-8-12(15-14-11)21(18,19)16-10-7-5-4-6-9(10)2/h4-8,16H,3H2,1-2H3,(H,14,15). The van der Waals surface area contributed by atoms with Crippen LogP contribution in [0.1, 0.15) is 23.0 Å². The van der Waals surface area contributed by atoms with Crippen molar-refractivity contribution in [3.8, 4) is 0 Å². The molecule has 112 valence electrons. The predicted molar refractivity (Wildman–Crippen MR) is 76.5 cm³/mol. The Hall–Kier alpha value is -2.35. The number of sulfonamides is 1. The molecular weight excluding hydrogens is 294 g/mol. The molecule has 0 spiro atoms. The lowest BCUT2D eigenvalue weighted by Gasteiger charge is -2.08. The second-order valence-corrected chi connectivity index (χ2v) is 5.91. The van der Waals surface area contributed by atoms with E-state index in [0.717, 1.165) is 11.6 Å². The van der Waals surface area contributed by atoms with Crippen LogP contribution in [0.15, 0.2) is 35.4 Å². The number of esters is 1. The van der Waals surface area contributed by atoms with Gasteiger partial charge in [0.1, 0.15) is 0 Å². The molecule has 8 heteroatoms. The van der Waals surface area contributed by atoms with Crippen LogP contribution < -0.4 is 4.72 Å². The molecule has 0 radical (unpaired) electrons. The fourth-order valence-corrected chi connectivity index (χ4v) is 2.70. The number of carbonyl (C=O) groups excluding carboxylic acids is 1. The lowest BCUT2D eigenvalue weighted by molar-refractivity contribution is 0.0519. The number of benzene rings is 1. The minimum absolute atomic E-state index is 0.0815. The smallest absolute Gasteiger partial charge is 0.358 e. The number of hydrogen-bond donors (Lipinski definition) is 2. The normalized spacial score (nSPS) is 11.1. The molecule has 2 rings (SSSR count). The highest BCUT2D eigenvalue weighted by Gasteiger charge is 2.21. The lowest BCUT2D eigenvalue weighted by Crippen LogP contribution is -2.14. The maximum absolute atomic E-state index is 12.2. The first kappa shape index (κ1) is 15.0. The second-order valence-electron chi connectivity index (χ2n) is 4.26. The molecule has 1 heterocycles. The van der Waals surface area contributed by atoms with Gasteiger partial charge in [-0.2, -0.15) is 13.5 Å². The maximum Gasteiger partial charge on any atom is 0.358 e. The van der Waals surface area contributed by atoms with Crippen molar-refractivity contribution in [2.24, 2.45) is 0 Å². The van der Waals surface area contributed by atoms with Gasteiger partial charge in [0.25, 0.3) is 10.0 Å². The quantitative estimate of drug-likeness (QED) is 0.819. The van der Waals surface area contributed by atoms with Gasteiger partial charge in [-0.25, -0.2) is 4.79 Å². The highest BCUT2D eigenvalue weighted by Crippen LogP contribution is 2.18. The van der Waals surface area contributed by atoms with Crippen LogP contribution in [0, 0.1) is 6.92 Å². The van der Waals surface area contributed by atoms with Crippen LogP contribution in [0.2, 0.25) is 0 Å². The summed E-state index contributed by atoms with van der Waals surface area (Å²) in [5.74, 6) is -0.675. The number of para-hydroxylation sites is 1. The summed E-state index contributed by atoms with van der Waals surface area (Å²) in [6, 6.07) is 8.10. The Kier molecular flexibility index (Phi) is 4.27. The Morgan fingerprint density at radius 1 is 1.38 bits per heavy atom. The first-order valence-corrected chi connectivity index (χ1v) is 7.73. The third-order valence-corrected chi connectivity index (χ3v) is 3.99. The van der Waals surface area contributed by atoms with E-state index in [1.54, 1.807) is 32.0 Å². The third kappa shape index (κ3) is 3.40. The van der Waals surface area contributed by atoms with Gasteiger partial charge in [-0.15, -0.1) is 0 Å². The molecule has 0 atom stereocenters. The minimum Gasteiger partial charge on any atom is -0.461 e. The molecule has 0 aliphatic carbocycles. The molecule has 0 bridgehead atoms. The van der Waals surface area contributed by atoms with Crippen LogP contribution in [-0.4, -0.2) is 31.2 Å². The van der Waals surface area contributed by atoms with Gasteiger partial charge in [0.15, 0.2) is 10.7 Å². The Morgan fingerprint density at radius 2 is 2.10 bits per heavy atom. The summed E-state index contributed by atoms with van der Waals surface area (Å²) < 4.78 is 31.6. The van der Waals surface area contributed by atoms with E-state index in [4.69, 9.17) is 4.74 Å². The molecule has 0 aliphatic rings. The number of carbonyl (C=O) groups is 1. The van der Waals surface area contributed by atoms with E-state index in [9.17, 15) is 13.2 Å². The van der Waals surface area contributed by atoms with Gasteiger partial charge in [-0.1, -0.05) is 18.2 Å². The molecule has 2 aromatic rings. The molecule has 0 amide bonds. The number of rotatable bonds is 5. The summed E-state index contributed by atoms with van der Waals surface area (Å²) in [7, 11) is -3.84. The molecule has 0 fully saturated rings. The van der Waals surface area contributed by atoms with Crippen LogP contribution in [0.3, 0.4) is 0 Å². The Labute approximate surface area is 122 Å². The van der Waals surface area contributed by atoms with Gasteiger partial charge < -0.3 is 4.74 Å². The zero-order valence-electron chi connectivity index (χ0n) is 11.6. The van der Waals surface area contributed by atoms with E-state index in [-0.39, 0.29) is 17.3 Å². The Bertz CT molecular complexity index is 752. The van der Waals surface area contributed by atoms with Gasteiger partial charge >= 0.3 is 5.97 Å². The number of nitrogens with zero attached hydrogens (tertiary/aromatic N) is 1. The number of ether oxygens (including phenoxy) is 1. The zero-order chi connectivity index (χ0) is 15.5. The van der Waals surface area contributed by atoms with E-state index in [0.29, 0.717) is 5.69 Å². The van der Waals surface area contributed by atoms with E-state index in [1.807, 2.05) is 6.07 Å². The molecule has 0 aliphatic heterocycles. The van der Waals surface area contributed by atoms with E-state index >= 15 is 0 Å². The van der Waals surface area contributed by atoms with Crippen molar-refractivity contribution in [3.05, 3.63) is 41.6 Å². The number of nitrogens with one attached hydrogen (secondary N) is 2. The monoisotopic (exact) mass is 309 g/mol. The maximum atomic E-state index is 12.2. The predicted octanol–water partition coefficient (Wildman–Crippen LogP) is 1.70. The minimum atomic E-state index is -3.84. The number of hydrogen-bond acceptors (Lipinski definition) is 5. The van der Waals surface area contributed by atoms with E-state index < -0.39 is 16.0 Å². The summed E-state index contributed by atoms with van der Waals surface area (Å²) in [6.45, 7) is 3.63. The fourth-order valence-electron chi connectivity index (χ4n) is 1.64. The van der Waals surface area contributed by atoms with Crippen LogP contribution in [-0.2, 0) is 14.8 Å². The summed E-state index contributed by atoms with van der Waals surface area (Å²) in [4.78, 5) is 11.5. The zero-order valence-corrected chi connectivity index (χ0v) is 12.4. The molecule has 0 saturated carbocycles. The van der Waals surface area contributed by atoms with Crippen molar-refractivity contribution >= 4 is 21.7 Å². The van der Waals surface area contributed by atoms with Gasteiger partial charge in [-0.3, -0.25) is 9.82 Å². The molecule has 7 nitrogen and oxygen atoms in total. The van der Waals surface area contributed by atoms with Crippen LogP contribution >= 0.6 is 0 Å². The molecule has 21 heavy (non-hydrogen) atoms. The summed E-state index contributed by atoms with van der Waals surface area (Å²) in [6.07, 6.45) is 0. The van der Waals surface area contributed by atoms with Gasteiger partial charge in [-0.05, 0) is 25.5 Å². The van der Waals surface area contributed by atoms with Crippen molar-refractivity contribution in [1.82, 2.24) is 10.2 Å². The van der Waals surface area contributed by atoms with Gasteiger partial charge in [0.05, 0.1) is 12.3 Å². The van der Waals surface area contributed by atoms with Crippen LogP contribution in [0.25, 0.3) is 0 Å². The van der Waals surface area contributed by atoms with E-state index in [1.165, 1.54) is 0 Å². The molecule has 0 saturated heterocycles. The van der Waals surface area contributed by atoms with Crippen molar-refractivity contribution in [1.29, 1.82) is 0 Å². The SMILES string of the molecule is CCOC(=O)c1cc(S(=O)(=O)Nc2ccccc2C)[nH]n1. The number of aromatic amines is 1. The number of aryl methyl sites for hydroxylation is 1. The molecule has 2 N–H and O–H groups in total. The van der Waals surface area contributed by atoms with Crippen molar-refractivity contribution < 1.29 is 17.9 Å². The summed E-state index contributed by atoms with van der Waals surface area (Å²) in [5.41, 5.74) is 1.16. The molecule has 1 aromatic carbocycles. The average molecular weight is 309 g/mol. The average Bonchev–Trinajstić information content (AvgIpc) is 2.92. The third-order valence-electron chi connectivity index (χ3n) is 2.72. The van der Waals surface area contributed by atoms with Gasteiger partial charge in [0.2, 0.25) is 0 Å². The second kappa shape index (κ2) is 5.96. The summed E-state index contributed by atoms with van der Waals surface area (Å²) >= 11 is 0. The highest BCUT2D eigenvalue weighted by atomic mass is 32.2. The van der Waals surface area contributed by atoms with Crippen LogP contribution in [0.4, 0.5) is 5.69 Å². The molecular formula is C13H15N3O4S. The largest absolute Gasteiger partial charge is 0.461 e. The lowest BCUT2D eigenvalue weighted by atomic mass is 10.2. The van der Waals surface area contributed by atoms with Gasteiger partial charge in [0, 0.05) is 6.07 Å². The number of anilines is 1. The van der Waals surface area contributed by atoms with Crippen LogP contribution in [0.5, 0.6) is 0 Å². The summed E-state index contributed by atoms with van der Waals surface area (Å²) in [5, 5.41) is 5.77. The molecule has 0 unspecified atom stereocenters. The van der Waals surface area contributed by atoms with Crippen molar-refractivity contribution in [2.75, 3.05) is 11.3 Å². The first-order chi connectivity index (χ1) is 9.94. The number of H-pyrrole nitrogens is 1. The van der Waals surface area contributed by atoms with E-state index in [2.05, 4.69) is 14.9 Å². The van der Waals surface area contributed by atoms with Crippen molar-refractivity contribution in [2.45, 2.75) is 18.9 Å². The fraction of sp³-hybridized carbons (Fsp3) is 0.231. The highest BCUT2D eigenvalue weighted by molar-refractivity contribution is 7.92.